The van der Waals surface area contributed by atoms with E-state index in [2.05, 4.69) is 0 Å². The van der Waals surface area contributed by atoms with Crippen LogP contribution in [0.2, 0.25) is 0 Å². The summed E-state index contributed by atoms with van der Waals surface area (Å²) in [6.07, 6.45) is -0.776. The molecule has 0 spiro atoms. The molecule has 0 saturated carbocycles. The summed E-state index contributed by atoms with van der Waals surface area (Å²) in [7, 11) is -1.28. The van der Waals surface area contributed by atoms with Gasteiger partial charge in [-0.2, -0.15) is 0 Å². The number of hydrogen-bond donors (Lipinski definition) is 1. The number of hydrogen-bond acceptors (Lipinski definition) is 4. The molecule has 1 rings (SSSR count). The van der Waals surface area contributed by atoms with Crippen LogP contribution in [0.15, 0.2) is 18.2 Å². The summed E-state index contributed by atoms with van der Waals surface area (Å²) in [6.45, 7) is 5.48. The van der Waals surface area contributed by atoms with Gasteiger partial charge in [-0.15, -0.1) is 0 Å². The average Bonchev–Trinajstić information content (AvgIpc) is 2.37. The van der Waals surface area contributed by atoms with Crippen molar-refractivity contribution in [3.8, 4) is 0 Å². The van der Waals surface area contributed by atoms with Gasteiger partial charge in [0.15, 0.2) is 9.84 Å². The first-order valence-electron chi connectivity index (χ1n) is 7.01. The molecule has 0 heterocycles. The van der Waals surface area contributed by atoms with Gasteiger partial charge in [-0.1, -0.05) is 13.0 Å². The number of halogens is 1. The first-order chi connectivity index (χ1) is 9.66. The van der Waals surface area contributed by atoms with Crippen LogP contribution in [0.1, 0.15) is 31.1 Å². The predicted octanol–water partition coefficient (Wildman–Crippen LogP) is 1.92. The summed E-state index contributed by atoms with van der Waals surface area (Å²) in [6, 6.07) is 4.07. The summed E-state index contributed by atoms with van der Waals surface area (Å²) >= 11 is 0. The van der Waals surface area contributed by atoms with Crippen molar-refractivity contribution >= 4 is 9.84 Å². The number of benzene rings is 1. The van der Waals surface area contributed by atoms with Crippen LogP contribution in [0.25, 0.3) is 0 Å². The normalized spacial score (nSPS) is 15.2. The molecule has 6 heteroatoms. The summed E-state index contributed by atoms with van der Waals surface area (Å²) in [5, 5.41) is 10.3. The fourth-order valence-corrected chi connectivity index (χ4v) is 3.40. The van der Waals surface area contributed by atoms with E-state index in [1.807, 2.05) is 6.92 Å². The van der Waals surface area contributed by atoms with E-state index < -0.39 is 15.9 Å². The van der Waals surface area contributed by atoms with Crippen LogP contribution in [-0.4, -0.2) is 49.6 Å². The van der Waals surface area contributed by atoms with Gasteiger partial charge in [-0.25, -0.2) is 12.8 Å². The van der Waals surface area contributed by atoms with Crippen LogP contribution in [0.5, 0.6) is 0 Å². The summed E-state index contributed by atoms with van der Waals surface area (Å²) in [5.74, 6) is -0.154. The van der Waals surface area contributed by atoms with E-state index in [1.54, 1.807) is 31.9 Å². The molecule has 1 aromatic carbocycles. The van der Waals surface area contributed by atoms with Gasteiger partial charge in [0, 0.05) is 18.3 Å². The fraction of sp³-hybridized carbons (Fsp3) is 0.600. The molecule has 4 nitrogen and oxygen atoms in total. The molecule has 0 amide bonds. The molecular weight excluding hydrogens is 293 g/mol. The molecule has 0 aromatic heterocycles. The third kappa shape index (κ3) is 5.37. The quantitative estimate of drug-likeness (QED) is 0.835. The second-order valence-electron chi connectivity index (χ2n) is 5.50. The van der Waals surface area contributed by atoms with Crippen LogP contribution in [0.3, 0.4) is 0 Å². The lowest BCUT2D eigenvalue weighted by atomic mass is 10.0. The van der Waals surface area contributed by atoms with E-state index in [9.17, 15) is 17.9 Å². The molecule has 0 saturated heterocycles. The Bertz CT molecular complexity index is 574. The molecular formula is C15H24FNO3S. The molecule has 21 heavy (non-hydrogen) atoms. The number of aliphatic hydroxyl groups excluding tert-OH is 1. The van der Waals surface area contributed by atoms with Crippen molar-refractivity contribution < 1.29 is 17.9 Å². The Labute approximate surface area is 126 Å². The third-order valence-electron chi connectivity index (χ3n) is 3.74. The zero-order valence-electron chi connectivity index (χ0n) is 13.0. The van der Waals surface area contributed by atoms with Gasteiger partial charge in [-0.3, -0.25) is 4.90 Å². The number of likely N-dealkylation sites (N-methyl/N-ethyl adjacent to an activating group) is 1. The number of rotatable bonds is 7. The molecule has 1 N–H and O–H groups in total. The first-order valence-corrected chi connectivity index (χ1v) is 8.83. The maximum Gasteiger partial charge on any atom is 0.151 e. The standard InChI is InChI=1S/C15H24FNO3S/c1-5-21(19,20)10-12(3)17(4)9-15(18)14-7-6-13(16)8-11(14)2/h6-8,12,15,18H,5,9-10H2,1-4H3. The summed E-state index contributed by atoms with van der Waals surface area (Å²) in [4.78, 5) is 1.81. The molecule has 2 unspecified atom stereocenters. The van der Waals surface area contributed by atoms with Crippen molar-refractivity contribution in [3.63, 3.8) is 0 Å². The Hall–Kier alpha value is -0.980. The maximum atomic E-state index is 13.1. The minimum absolute atomic E-state index is 0.0646. The largest absolute Gasteiger partial charge is 0.387 e. The summed E-state index contributed by atoms with van der Waals surface area (Å²) in [5.41, 5.74) is 1.35. The zero-order valence-corrected chi connectivity index (χ0v) is 13.8. The Morgan fingerprint density at radius 1 is 1.38 bits per heavy atom. The van der Waals surface area contributed by atoms with E-state index in [-0.39, 0.29) is 23.4 Å². The number of sulfone groups is 1. The van der Waals surface area contributed by atoms with Gasteiger partial charge < -0.3 is 5.11 Å². The second-order valence-corrected chi connectivity index (χ2v) is 7.90. The van der Waals surface area contributed by atoms with E-state index in [1.165, 1.54) is 12.1 Å². The molecule has 0 aliphatic carbocycles. The molecule has 0 bridgehead atoms. The molecule has 0 aliphatic rings. The monoisotopic (exact) mass is 317 g/mol. The Kier molecular flexibility index (Phi) is 6.31. The van der Waals surface area contributed by atoms with E-state index >= 15 is 0 Å². The van der Waals surface area contributed by atoms with Crippen molar-refractivity contribution in [2.45, 2.75) is 32.9 Å². The number of aliphatic hydroxyl groups is 1. The van der Waals surface area contributed by atoms with Crippen molar-refractivity contribution in [1.29, 1.82) is 0 Å². The van der Waals surface area contributed by atoms with Crippen LogP contribution >= 0.6 is 0 Å². The lowest BCUT2D eigenvalue weighted by molar-refractivity contribution is 0.112. The third-order valence-corrected chi connectivity index (χ3v) is 5.61. The topological polar surface area (TPSA) is 57.6 Å². The minimum atomic E-state index is -3.05. The molecule has 1 aromatic rings. The summed E-state index contributed by atoms with van der Waals surface area (Å²) < 4.78 is 36.3. The van der Waals surface area contributed by atoms with E-state index in [4.69, 9.17) is 0 Å². The van der Waals surface area contributed by atoms with Crippen molar-refractivity contribution in [3.05, 3.63) is 35.1 Å². The first kappa shape index (κ1) is 18.1. The number of aryl methyl sites for hydroxylation is 1. The van der Waals surface area contributed by atoms with Gasteiger partial charge in [0.2, 0.25) is 0 Å². The molecule has 0 fully saturated rings. The predicted molar refractivity (Wildman–Crippen MR) is 82.5 cm³/mol. The number of nitrogens with zero attached hydrogens (tertiary/aromatic N) is 1. The lowest BCUT2D eigenvalue weighted by Gasteiger charge is -2.27. The van der Waals surface area contributed by atoms with Gasteiger partial charge in [-0.05, 0) is 44.2 Å². The SMILES string of the molecule is CCS(=O)(=O)CC(C)N(C)CC(O)c1ccc(F)cc1C. The second kappa shape index (κ2) is 7.33. The highest BCUT2D eigenvalue weighted by molar-refractivity contribution is 7.91. The lowest BCUT2D eigenvalue weighted by Crippen LogP contribution is -2.38. The van der Waals surface area contributed by atoms with Crippen LogP contribution in [0, 0.1) is 12.7 Å². The highest BCUT2D eigenvalue weighted by atomic mass is 32.2. The van der Waals surface area contributed by atoms with Gasteiger partial charge in [0.05, 0.1) is 11.9 Å². The van der Waals surface area contributed by atoms with Gasteiger partial charge in [0.25, 0.3) is 0 Å². The smallest absolute Gasteiger partial charge is 0.151 e. The highest BCUT2D eigenvalue weighted by Crippen LogP contribution is 2.20. The maximum absolute atomic E-state index is 13.1. The average molecular weight is 317 g/mol. The minimum Gasteiger partial charge on any atom is -0.387 e. The Morgan fingerprint density at radius 2 is 2.00 bits per heavy atom. The van der Waals surface area contributed by atoms with Crippen molar-refractivity contribution in [2.75, 3.05) is 25.1 Å². The molecule has 2 atom stereocenters. The van der Waals surface area contributed by atoms with E-state index in [0.717, 1.165) is 0 Å². The van der Waals surface area contributed by atoms with Gasteiger partial charge >= 0.3 is 0 Å². The van der Waals surface area contributed by atoms with Crippen molar-refractivity contribution in [1.82, 2.24) is 4.90 Å². The van der Waals surface area contributed by atoms with Crippen molar-refractivity contribution in [2.24, 2.45) is 0 Å². The zero-order chi connectivity index (χ0) is 16.2. The molecule has 0 radical (unpaired) electrons. The van der Waals surface area contributed by atoms with Crippen LogP contribution < -0.4 is 0 Å². The highest BCUT2D eigenvalue weighted by Gasteiger charge is 2.21. The Morgan fingerprint density at radius 3 is 2.52 bits per heavy atom. The van der Waals surface area contributed by atoms with Crippen LogP contribution in [0.4, 0.5) is 4.39 Å². The molecule has 120 valence electrons. The van der Waals surface area contributed by atoms with E-state index in [0.29, 0.717) is 17.7 Å². The fourth-order valence-electron chi connectivity index (χ4n) is 2.18. The van der Waals surface area contributed by atoms with Gasteiger partial charge in [0.1, 0.15) is 5.82 Å². The van der Waals surface area contributed by atoms with Crippen LogP contribution in [-0.2, 0) is 9.84 Å². The molecule has 0 aliphatic heterocycles. The Balaban J connectivity index is 2.71.